The van der Waals surface area contributed by atoms with Gasteiger partial charge >= 0.3 is 11.9 Å². The minimum absolute atomic E-state index is 0.0628. The molecule has 36 heavy (non-hydrogen) atoms. The quantitative estimate of drug-likeness (QED) is 0.112. The number of para-hydroxylation sites is 2. The molecule has 2 atom stereocenters. The minimum Gasteiger partial charge on any atom is -0.481 e. The predicted molar refractivity (Wildman–Crippen MR) is 131 cm³/mol. The van der Waals surface area contributed by atoms with Gasteiger partial charge in [-0.05, 0) is 51.0 Å². The fraction of sp³-hybridized carbons (Fsp3) is 0.333. The first kappa shape index (κ1) is 31.8. The molecule has 12 heteroatoms. The van der Waals surface area contributed by atoms with Crippen molar-refractivity contribution in [3.05, 3.63) is 60.7 Å². The van der Waals surface area contributed by atoms with Crippen LogP contribution in [0.25, 0.3) is 0 Å². The normalized spacial score (nSPS) is 11.1. The fourth-order valence-electron chi connectivity index (χ4n) is 2.30. The van der Waals surface area contributed by atoms with E-state index in [-0.39, 0.29) is 24.7 Å². The molecule has 0 saturated carbocycles. The Kier molecular flexibility index (Phi) is 17.0. The van der Waals surface area contributed by atoms with Crippen LogP contribution in [-0.2, 0) is 19.2 Å². The molecule has 0 heterocycles. The summed E-state index contributed by atoms with van der Waals surface area (Å²) in [5, 5.41) is 16.3. The van der Waals surface area contributed by atoms with Gasteiger partial charge in [0.25, 0.3) is 11.8 Å². The third kappa shape index (κ3) is 16.5. The van der Waals surface area contributed by atoms with Crippen molar-refractivity contribution < 1.29 is 38.9 Å². The average Bonchev–Trinajstić information content (AvgIpc) is 2.87. The van der Waals surface area contributed by atoms with Crippen LogP contribution in [-0.4, -0.2) is 46.2 Å². The Hall–Kier alpha value is -4.16. The van der Waals surface area contributed by atoms with E-state index in [1.165, 1.54) is 0 Å². The van der Waals surface area contributed by atoms with Crippen molar-refractivity contribution in [2.24, 2.45) is 11.7 Å². The molecule has 2 unspecified atom stereocenters. The molecule has 8 N–H and O–H groups in total. The number of benzene rings is 2. The molecule has 0 aromatic heterocycles. The first-order chi connectivity index (χ1) is 17.1. The van der Waals surface area contributed by atoms with Gasteiger partial charge in [0.1, 0.15) is 11.5 Å². The third-order valence-corrected chi connectivity index (χ3v) is 4.17. The molecular weight excluding hydrogens is 472 g/mol. The molecule has 0 bridgehead atoms. The van der Waals surface area contributed by atoms with Gasteiger partial charge in [0.15, 0.2) is 12.2 Å². The minimum atomic E-state index is -0.870. The number of ether oxygens (including phenoxy) is 2. The van der Waals surface area contributed by atoms with Crippen molar-refractivity contribution in [3.8, 4) is 11.5 Å². The Balaban J connectivity index is 0.000000517. The number of nitrogens with two attached hydrogens (primary N) is 2. The van der Waals surface area contributed by atoms with Gasteiger partial charge in [0, 0.05) is 12.8 Å². The molecule has 0 aliphatic rings. The van der Waals surface area contributed by atoms with Crippen LogP contribution in [0.5, 0.6) is 11.5 Å². The average molecular weight is 507 g/mol. The summed E-state index contributed by atoms with van der Waals surface area (Å²) in [6, 6.07) is 18.2. The van der Waals surface area contributed by atoms with Crippen LogP contribution in [0.1, 0.15) is 39.5 Å². The smallest absolute Gasteiger partial charge is 0.303 e. The highest BCUT2D eigenvalue weighted by Gasteiger charge is 2.12. The number of amides is 2. The second kappa shape index (κ2) is 19.2. The van der Waals surface area contributed by atoms with Gasteiger partial charge in [-0.25, -0.2) is 11.7 Å². The van der Waals surface area contributed by atoms with Gasteiger partial charge in [0.2, 0.25) is 0 Å². The van der Waals surface area contributed by atoms with Crippen LogP contribution in [0.15, 0.2) is 60.7 Å². The number of carbonyl (C=O) groups is 4. The zero-order valence-corrected chi connectivity index (χ0v) is 20.3. The summed E-state index contributed by atoms with van der Waals surface area (Å²) >= 11 is 0. The third-order valence-electron chi connectivity index (χ3n) is 4.17. The highest BCUT2D eigenvalue weighted by Crippen LogP contribution is 2.11. The number of hydrogen-bond donors (Lipinski definition) is 6. The van der Waals surface area contributed by atoms with E-state index in [1.807, 2.05) is 47.2 Å². The molecule has 0 spiro atoms. The van der Waals surface area contributed by atoms with Crippen LogP contribution in [0.4, 0.5) is 0 Å². The zero-order chi connectivity index (χ0) is 27.3. The molecular formula is C24H34N4O8. The summed E-state index contributed by atoms with van der Waals surface area (Å²) in [6.07, 6.45) is -0.135. The molecule has 12 nitrogen and oxygen atoms in total. The van der Waals surface area contributed by atoms with Gasteiger partial charge in [-0.15, -0.1) is 0 Å². The Labute approximate surface area is 209 Å². The highest BCUT2D eigenvalue weighted by atomic mass is 16.5. The second-order valence-corrected chi connectivity index (χ2v) is 7.16. The van der Waals surface area contributed by atoms with Gasteiger partial charge < -0.3 is 19.7 Å². The Morgan fingerprint density at radius 2 is 1.00 bits per heavy atom. The molecule has 2 amide bonds. The first-order valence-electron chi connectivity index (χ1n) is 11.0. The summed E-state index contributed by atoms with van der Waals surface area (Å²) in [5.74, 6) is 8.77. The van der Waals surface area contributed by atoms with Crippen molar-refractivity contribution in [3.63, 3.8) is 0 Å². The number of unbranched alkanes of at least 4 members (excludes halogenated alkanes) is 1. The van der Waals surface area contributed by atoms with Crippen LogP contribution >= 0.6 is 0 Å². The lowest BCUT2D eigenvalue weighted by atomic mass is 10.2. The van der Waals surface area contributed by atoms with Crippen molar-refractivity contribution in [2.45, 2.75) is 51.7 Å². The van der Waals surface area contributed by atoms with Gasteiger partial charge in [-0.3, -0.25) is 30.0 Å². The Morgan fingerprint density at radius 1 is 0.694 bits per heavy atom. The lowest BCUT2D eigenvalue weighted by Crippen LogP contribution is -2.40. The molecule has 198 valence electrons. The number of hydrazine groups is 2. The summed E-state index contributed by atoms with van der Waals surface area (Å²) in [5.41, 5.74) is 4.04. The maximum atomic E-state index is 11.0. The van der Waals surface area contributed by atoms with Gasteiger partial charge in [0.05, 0.1) is 0 Å². The van der Waals surface area contributed by atoms with Crippen LogP contribution in [0, 0.1) is 0 Å². The van der Waals surface area contributed by atoms with E-state index in [0.717, 1.165) is 0 Å². The maximum absolute atomic E-state index is 11.0. The van der Waals surface area contributed by atoms with Crippen molar-refractivity contribution in [1.29, 1.82) is 0 Å². The van der Waals surface area contributed by atoms with Gasteiger partial charge in [-0.2, -0.15) is 0 Å². The van der Waals surface area contributed by atoms with E-state index in [2.05, 4.69) is 0 Å². The first-order valence-corrected chi connectivity index (χ1v) is 11.0. The Morgan fingerprint density at radius 3 is 1.25 bits per heavy atom. The van der Waals surface area contributed by atoms with Crippen molar-refractivity contribution in [2.75, 3.05) is 0 Å². The van der Waals surface area contributed by atoms with E-state index < -0.39 is 24.1 Å². The lowest BCUT2D eigenvalue weighted by Gasteiger charge is -2.12. The summed E-state index contributed by atoms with van der Waals surface area (Å²) in [7, 11) is 0. The number of hydrogen-bond acceptors (Lipinski definition) is 8. The van der Waals surface area contributed by atoms with E-state index in [4.69, 9.17) is 31.4 Å². The summed E-state index contributed by atoms with van der Waals surface area (Å²) in [4.78, 5) is 41.7. The topological polar surface area (TPSA) is 203 Å². The van der Waals surface area contributed by atoms with Crippen molar-refractivity contribution >= 4 is 23.8 Å². The van der Waals surface area contributed by atoms with Crippen LogP contribution < -0.4 is 32.0 Å². The molecule has 0 aliphatic carbocycles. The largest absolute Gasteiger partial charge is 0.481 e. The molecule has 2 rings (SSSR count). The number of carbonyl (C=O) groups excluding carboxylic acids is 2. The number of aliphatic carboxylic acids is 2. The second-order valence-electron chi connectivity index (χ2n) is 7.16. The fourth-order valence-corrected chi connectivity index (χ4v) is 2.30. The molecule has 2 aromatic carbocycles. The highest BCUT2D eigenvalue weighted by molar-refractivity contribution is 5.80. The Bertz CT molecular complexity index is 837. The van der Waals surface area contributed by atoms with E-state index in [0.29, 0.717) is 24.3 Å². The number of carboxylic acids is 2. The molecule has 0 saturated heterocycles. The number of carboxylic acid groups (broad SMARTS) is 2. The van der Waals surface area contributed by atoms with Crippen molar-refractivity contribution in [1.82, 2.24) is 10.9 Å². The number of nitrogens with one attached hydrogen (secondary N) is 2. The SMILES string of the molecule is CC(Oc1ccccc1)C(=O)NN.CC(Oc1ccccc1)C(=O)NN.O=C(O)CCCCC(=O)O. The van der Waals surface area contributed by atoms with Crippen LogP contribution in [0.3, 0.4) is 0 Å². The maximum Gasteiger partial charge on any atom is 0.303 e. The summed E-state index contributed by atoms with van der Waals surface area (Å²) in [6.45, 7) is 3.27. The zero-order valence-electron chi connectivity index (χ0n) is 20.3. The lowest BCUT2D eigenvalue weighted by molar-refractivity contribution is -0.139. The van der Waals surface area contributed by atoms with Gasteiger partial charge in [-0.1, -0.05) is 36.4 Å². The monoisotopic (exact) mass is 506 g/mol. The van der Waals surface area contributed by atoms with E-state index >= 15 is 0 Å². The predicted octanol–water partition coefficient (Wildman–Crippen LogP) is 1.60. The molecule has 0 fully saturated rings. The summed E-state index contributed by atoms with van der Waals surface area (Å²) < 4.78 is 10.5. The molecule has 0 aliphatic heterocycles. The van der Waals surface area contributed by atoms with Crippen LogP contribution in [0.2, 0.25) is 0 Å². The standard InChI is InChI=1S/2C9H12N2O2.C6H10O4/c2*1-7(9(12)11-10)13-8-5-3-2-4-6-8;7-5(8)3-1-2-4-6(9)10/h2*2-7H,10H2,1H3,(H,11,12);1-4H2,(H,7,8)(H,9,10). The number of rotatable bonds is 11. The van der Waals surface area contributed by atoms with E-state index in [9.17, 15) is 19.2 Å². The molecule has 2 aromatic rings. The van der Waals surface area contributed by atoms with E-state index in [1.54, 1.807) is 38.1 Å². The molecule has 0 radical (unpaired) electrons.